The van der Waals surface area contributed by atoms with Crippen molar-refractivity contribution in [3.8, 4) is 11.1 Å². The van der Waals surface area contributed by atoms with Crippen LogP contribution in [0.25, 0.3) is 11.1 Å². The van der Waals surface area contributed by atoms with Crippen molar-refractivity contribution in [1.29, 1.82) is 0 Å². The fourth-order valence-corrected chi connectivity index (χ4v) is 2.13. The Morgan fingerprint density at radius 2 is 1.83 bits per heavy atom. The second-order valence-corrected chi connectivity index (χ2v) is 4.90. The van der Waals surface area contributed by atoms with E-state index in [0.717, 1.165) is 12.1 Å². The molecule has 93 valence electrons. The molecule has 5 heteroatoms. The van der Waals surface area contributed by atoms with Gasteiger partial charge < -0.3 is 0 Å². The van der Waals surface area contributed by atoms with Gasteiger partial charge >= 0.3 is 6.18 Å². The first kappa shape index (κ1) is 13.4. The second-order valence-electron chi connectivity index (χ2n) is 3.61. The zero-order valence-corrected chi connectivity index (χ0v) is 11.2. The summed E-state index contributed by atoms with van der Waals surface area (Å²) in [5, 5.41) is 0.452. The van der Waals surface area contributed by atoms with Gasteiger partial charge in [0.25, 0.3) is 0 Å². The first-order valence-corrected chi connectivity index (χ1v) is 6.09. The molecule has 0 aliphatic heterocycles. The van der Waals surface area contributed by atoms with E-state index < -0.39 is 11.7 Å². The van der Waals surface area contributed by atoms with Gasteiger partial charge in [0.1, 0.15) is 0 Å². The number of halogens is 5. The van der Waals surface area contributed by atoms with E-state index in [4.69, 9.17) is 11.6 Å². The maximum absolute atomic E-state index is 12.6. The molecular formula is C13H6BrClF3. The van der Waals surface area contributed by atoms with Crippen molar-refractivity contribution in [2.45, 2.75) is 6.18 Å². The molecule has 0 amide bonds. The summed E-state index contributed by atoms with van der Waals surface area (Å²) in [7, 11) is 0. The van der Waals surface area contributed by atoms with Crippen molar-refractivity contribution in [2.75, 3.05) is 0 Å². The highest BCUT2D eigenvalue weighted by Crippen LogP contribution is 2.36. The van der Waals surface area contributed by atoms with E-state index in [1.807, 2.05) is 0 Å². The monoisotopic (exact) mass is 333 g/mol. The Hall–Kier alpha value is -1.00. The summed E-state index contributed by atoms with van der Waals surface area (Å²) in [4.78, 5) is 0. The Labute approximate surface area is 116 Å². The van der Waals surface area contributed by atoms with Crippen LogP contribution in [0, 0.1) is 6.07 Å². The molecule has 0 nitrogen and oxygen atoms in total. The van der Waals surface area contributed by atoms with Crippen LogP contribution >= 0.6 is 27.5 Å². The summed E-state index contributed by atoms with van der Waals surface area (Å²) in [6.07, 6.45) is -4.37. The summed E-state index contributed by atoms with van der Waals surface area (Å²) in [5.41, 5.74) is 0.224. The molecule has 2 aromatic rings. The lowest BCUT2D eigenvalue weighted by molar-refractivity contribution is -0.137. The van der Waals surface area contributed by atoms with Crippen molar-refractivity contribution in [3.05, 3.63) is 57.5 Å². The van der Waals surface area contributed by atoms with Crippen molar-refractivity contribution < 1.29 is 13.2 Å². The number of hydrogen-bond donors (Lipinski definition) is 0. The molecule has 0 aromatic heterocycles. The minimum absolute atomic E-state index is 0.410. The zero-order chi connectivity index (χ0) is 13.3. The Bertz CT molecular complexity index is 579. The molecule has 0 N–H and O–H groups in total. The quantitative estimate of drug-likeness (QED) is 0.638. The molecule has 0 heterocycles. The second kappa shape index (κ2) is 4.94. The lowest BCUT2D eigenvalue weighted by Gasteiger charge is -2.10. The van der Waals surface area contributed by atoms with Gasteiger partial charge in [-0.1, -0.05) is 33.6 Å². The normalized spacial score (nSPS) is 11.6. The Morgan fingerprint density at radius 1 is 1.11 bits per heavy atom. The summed E-state index contributed by atoms with van der Waals surface area (Å²) >= 11 is 9.05. The average molecular weight is 335 g/mol. The maximum Gasteiger partial charge on any atom is 0.416 e. The van der Waals surface area contributed by atoms with Gasteiger partial charge in [0.15, 0.2) is 0 Å². The van der Waals surface area contributed by atoms with Crippen LogP contribution in [0.5, 0.6) is 0 Å². The molecule has 0 spiro atoms. The van der Waals surface area contributed by atoms with Gasteiger partial charge in [-0.15, -0.1) is 0 Å². The predicted octanol–water partition coefficient (Wildman–Crippen LogP) is 5.59. The Morgan fingerprint density at radius 3 is 2.44 bits per heavy atom. The third-order valence-corrected chi connectivity index (χ3v) is 3.27. The highest BCUT2D eigenvalue weighted by molar-refractivity contribution is 9.10. The lowest BCUT2D eigenvalue weighted by Crippen LogP contribution is -2.04. The molecule has 2 rings (SSSR count). The molecule has 0 fully saturated rings. The van der Waals surface area contributed by atoms with Gasteiger partial charge in [-0.25, -0.2) is 0 Å². The SMILES string of the molecule is FC(F)(F)c1ccc(Br)c(-c2[c]ccc(Cl)c2)c1. The molecule has 0 atom stereocenters. The topological polar surface area (TPSA) is 0 Å². The maximum atomic E-state index is 12.6. The third-order valence-electron chi connectivity index (χ3n) is 2.35. The van der Waals surface area contributed by atoms with E-state index in [1.165, 1.54) is 6.07 Å². The first-order chi connectivity index (χ1) is 8.38. The van der Waals surface area contributed by atoms with Crippen LogP contribution in [0.4, 0.5) is 13.2 Å². The minimum atomic E-state index is -4.37. The van der Waals surface area contributed by atoms with Gasteiger partial charge in [0.05, 0.1) is 5.56 Å². The van der Waals surface area contributed by atoms with Crippen LogP contribution in [0.15, 0.2) is 40.9 Å². The highest BCUT2D eigenvalue weighted by atomic mass is 79.9. The molecule has 0 saturated carbocycles. The number of rotatable bonds is 1. The highest BCUT2D eigenvalue weighted by Gasteiger charge is 2.30. The molecule has 0 aliphatic rings. The van der Waals surface area contributed by atoms with Crippen molar-refractivity contribution in [1.82, 2.24) is 0 Å². The van der Waals surface area contributed by atoms with Crippen LogP contribution in [-0.4, -0.2) is 0 Å². The molecule has 0 saturated heterocycles. The fraction of sp³-hybridized carbons (Fsp3) is 0.0769. The van der Waals surface area contributed by atoms with E-state index in [0.29, 0.717) is 20.6 Å². The molecule has 18 heavy (non-hydrogen) atoms. The smallest absolute Gasteiger partial charge is 0.166 e. The minimum Gasteiger partial charge on any atom is -0.166 e. The molecule has 1 radical (unpaired) electrons. The van der Waals surface area contributed by atoms with E-state index in [2.05, 4.69) is 22.0 Å². The van der Waals surface area contributed by atoms with Crippen LogP contribution in [0.2, 0.25) is 5.02 Å². The molecular weight excluding hydrogens is 328 g/mol. The lowest BCUT2D eigenvalue weighted by atomic mass is 10.0. The summed E-state index contributed by atoms with van der Waals surface area (Å²) in [6, 6.07) is 11.1. The van der Waals surface area contributed by atoms with E-state index in [1.54, 1.807) is 18.2 Å². The molecule has 0 bridgehead atoms. The van der Waals surface area contributed by atoms with Gasteiger partial charge in [-0.2, -0.15) is 13.2 Å². The summed E-state index contributed by atoms with van der Waals surface area (Å²) < 4.78 is 38.5. The van der Waals surface area contributed by atoms with Crippen LogP contribution in [0.3, 0.4) is 0 Å². The fourth-order valence-electron chi connectivity index (χ4n) is 1.50. The number of benzene rings is 2. The third kappa shape index (κ3) is 2.87. The summed E-state index contributed by atoms with van der Waals surface area (Å²) in [5.74, 6) is 0. The standard InChI is InChI=1S/C13H6BrClF3/c14-12-5-4-9(13(16,17)18)7-11(12)8-2-1-3-10(15)6-8/h1,3-7H. The van der Waals surface area contributed by atoms with Crippen molar-refractivity contribution in [3.63, 3.8) is 0 Å². The molecule has 0 unspecified atom stereocenters. The van der Waals surface area contributed by atoms with Gasteiger partial charge in [0, 0.05) is 9.50 Å². The van der Waals surface area contributed by atoms with E-state index in [9.17, 15) is 13.2 Å². The predicted molar refractivity (Wildman–Crippen MR) is 68.4 cm³/mol. The first-order valence-electron chi connectivity index (χ1n) is 4.92. The zero-order valence-electron chi connectivity index (χ0n) is 8.85. The molecule has 2 aromatic carbocycles. The Kier molecular flexibility index (Phi) is 3.69. The summed E-state index contributed by atoms with van der Waals surface area (Å²) in [6.45, 7) is 0. The van der Waals surface area contributed by atoms with Crippen LogP contribution in [0.1, 0.15) is 5.56 Å². The number of hydrogen-bond acceptors (Lipinski definition) is 0. The molecule has 0 aliphatic carbocycles. The van der Waals surface area contributed by atoms with E-state index in [-0.39, 0.29) is 0 Å². The van der Waals surface area contributed by atoms with Crippen LogP contribution < -0.4 is 0 Å². The van der Waals surface area contributed by atoms with Gasteiger partial charge in [-0.05, 0) is 47.5 Å². The van der Waals surface area contributed by atoms with Crippen LogP contribution in [-0.2, 0) is 6.18 Å². The largest absolute Gasteiger partial charge is 0.416 e. The number of alkyl halides is 3. The Balaban J connectivity index is 2.57. The van der Waals surface area contributed by atoms with Crippen molar-refractivity contribution in [2.24, 2.45) is 0 Å². The average Bonchev–Trinajstić information content (AvgIpc) is 2.28. The van der Waals surface area contributed by atoms with E-state index >= 15 is 0 Å². The van der Waals surface area contributed by atoms with Gasteiger partial charge in [0.2, 0.25) is 0 Å². The van der Waals surface area contributed by atoms with Crippen molar-refractivity contribution >= 4 is 27.5 Å². The van der Waals surface area contributed by atoms with Gasteiger partial charge in [-0.3, -0.25) is 0 Å².